The summed E-state index contributed by atoms with van der Waals surface area (Å²) in [5, 5.41) is 5.74. The Hall–Kier alpha value is -4.17. The molecule has 8 heteroatoms. The zero-order chi connectivity index (χ0) is 28.2. The molecule has 1 saturated heterocycles. The number of amides is 3. The Kier molecular flexibility index (Phi) is 8.06. The van der Waals surface area contributed by atoms with Gasteiger partial charge in [-0.15, -0.1) is 0 Å². The third-order valence-corrected chi connectivity index (χ3v) is 6.31. The van der Waals surface area contributed by atoms with Crippen molar-refractivity contribution in [1.82, 2.24) is 10.2 Å². The number of carbonyl (C=O) groups is 3. The minimum absolute atomic E-state index is 0.0465. The minimum Gasteiger partial charge on any atom is -0.444 e. The van der Waals surface area contributed by atoms with Crippen LogP contribution in [0.3, 0.4) is 0 Å². The largest absolute Gasteiger partial charge is 0.444 e. The van der Waals surface area contributed by atoms with Crippen LogP contribution in [0.2, 0.25) is 0 Å². The number of benzene rings is 3. The van der Waals surface area contributed by atoms with Gasteiger partial charge >= 0.3 is 6.09 Å². The van der Waals surface area contributed by atoms with Gasteiger partial charge in [0.15, 0.2) is 0 Å². The summed E-state index contributed by atoms with van der Waals surface area (Å²) in [6, 6.07) is 23.9. The van der Waals surface area contributed by atoms with Crippen molar-refractivity contribution in [3.05, 3.63) is 90.0 Å². The molecule has 4 rings (SSSR count). The molecule has 0 unspecified atom stereocenters. The first kappa shape index (κ1) is 27.9. The van der Waals surface area contributed by atoms with Crippen molar-refractivity contribution >= 4 is 23.6 Å². The SMILES string of the molecule is CC(C)(C)OC(=O)N1[C@H](C(=O)Nc2ccc(C(=O)NCc3ccc(-c4ccccc4)cc3)cc2)COC1(C)C. The number of rotatable bonds is 6. The lowest BCUT2D eigenvalue weighted by Crippen LogP contribution is -2.53. The van der Waals surface area contributed by atoms with Crippen LogP contribution in [-0.2, 0) is 20.8 Å². The summed E-state index contributed by atoms with van der Waals surface area (Å²) in [6.45, 7) is 9.18. The number of hydrogen-bond donors (Lipinski definition) is 2. The third kappa shape index (κ3) is 7.03. The Labute approximate surface area is 229 Å². The quantitative estimate of drug-likeness (QED) is 0.434. The van der Waals surface area contributed by atoms with E-state index in [0.29, 0.717) is 17.8 Å². The Balaban J connectivity index is 1.33. The monoisotopic (exact) mass is 529 g/mol. The first-order valence-corrected chi connectivity index (χ1v) is 12.9. The van der Waals surface area contributed by atoms with Gasteiger partial charge in [0, 0.05) is 17.8 Å². The molecule has 3 aromatic rings. The van der Waals surface area contributed by atoms with Crippen LogP contribution < -0.4 is 10.6 Å². The Bertz CT molecular complexity index is 1310. The lowest BCUT2D eigenvalue weighted by atomic mass is 10.0. The first-order valence-electron chi connectivity index (χ1n) is 12.9. The van der Waals surface area contributed by atoms with Crippen molar-refractivity contribution in [3.8, 4) is 11.1 Å². The highest BCUT2D eigenvalue weighted by atomic mass is 16.6. The second kappa shape index (κ2) is 11.3. The highest BCUT2D eigenvalue weighted by Gasteiger charge is 2.48. The molecule has 0 spiro atoms. The molecule has 1 heterocycles. The Morgan fingerprint density at radius 1 is 0.923 bits per heavy atom. The molecule has 0 aliphatic carbocycles. The molecule has 2 N–H and O–H groups in total. The van der Waals surface area contributed by atoms with Crippen LogP contribution in [0.1, 0.15) is 50.5 Å². The van der Waals surface area contributed by atoms with E-state index < -0.39 is 29.4 Å². The van der Waals surface area contributed by atoms with Gasteiger partial charge in [-0.3, -0.25) is 14.5 Å². The number of carbonyl (C=O) groups excluding carboxylic acids is 3. The highest BCUT2D eigenvalue weighted by Crippen LogP contribution is 2.30. The smallest absolute Gasteiger partial charge is 0.413 e. The van der Waals surface area contributed by atoms with Crippen LogP contribution in [0.15, 0.2) is 78.9 Å². The van der Waals surface area contributed by atoms with Crippen molar-refractivity contribution in [2.45, 2.75) is 58.5 Å². The van der Waals surface area contributed by atoms with E-state index in [2.05, 4.69) is 22.8 Å². The lowest BCUT2D eigenvalue weighted by Gasteiger charge is -2.34. The van der Waals surface area contributed by atoms with E-state index in [0.717, 1.165) is 16.7 Å². The highest BCUT2D eigenvalue weighted by molar-refractivity contribution is 5.98. The number of nitrogens with zero attached hydrogens (tertiary/aromatic N) is 1. The van der Waals surface area contributed by atoms with Gasteiger partial charge in [0.1, 0.15) is 17.4 Å². The maximum absolute atomic E-state index is 13.1. The van der Waals surface area contributed by atoms with E-state index in [1.165, 1.54) is 4.90 Å². The van der Waals surface area contributed by atoms with Gasteiger partial charge in [0.2, 0.25) is 5.91 Å². The fraction of sp³-hybridized carbons (Fsp3) is 0.323. The molecule has 0 saturated carbocycles. The van der Waals surface area contributed by atoms with Gasteiger partial charge in [0.25, 0.3) is 5.91 Å². The molecule has 0 radical (unpaired) electrons. The van der Waals surface area contributed by atoms with E-state index in [1.54, 1.807) is 58.9 Å². The summed E-state index contributed by atoms with van der Waals surface area (Å²) in [7, 11) is 0. The summed E-state index contributed by atoms with van der Waals surface area (Å²) in [6.07, 6.45) is -0.619. The molecule has 204 valence electrons. The molecule has 0 bridgehead atoms. The maximum Gasteiger partial charge on any atom is 0.413 e. The van der Waals surface area contributed by atoms with Crippen molar-refractivity contribution < 1.29 is 23.9 Å². The van der Waals surface area contributed by atoms with Crippen LogP contribution in [0.25, 0.3) is 11.1 Å². The molecule has 3 aromatic carbocycles. The predicted molar refractivity (Wildman–Crippen MR) is 150 cm³/mol. The van der Waals surface area contributed by atoms with Crippen LogP contribution in [0.5, 0.6) is 0 Å². The molecule has 1 aliphatic rings. The molecule has 3 amide bonds. The van der Waals surface area contributed by atoms with Crippen molar-refractivity contribution in [2.24, 2.45) is 0 Å². The van der Waals surface area contributed by atoms with Gasteiger partial charge in [-0.05, 0) is 75.6 Å². The Morgan fingerprint density at radius 3 is 2.15 bits per heavy atom. The molecule has 1 aliphatic heterocycles. The number of nitrogens with one attached hydrogen (secondary N) is 2. The van der Waals surface area contributed by atoms with Crippen LogP contribution in [0.4, 0.5) is 10.5 Å². The van der Waals surface area contributed by atoms with E-state index in [-0.39, 0.29) is 12.5 Å². The van der Waals surface area contributed by atoms with E-state index in [1.807, 2.05) is 42.5 Å². The van der Waals surface area contributed by atoms with Gasteiger partial charge in [-0.2, -0.15) is 0 Å². The fourth-order valence-electron chi connectivity index (χ4n) is 4.31. The molecule has 1 atom stereocenters. The predicted octanol–water partition coefficient (Wildman–Crippen LogP) is 5.59. The van der Waals surface area contributed by atoms with Crippen molar-refractivity contribution in [2.75, 3.05) is 11.9 Å². The normalized spacial score (nSPS) is 16.4. The van der Waals surface area contributed by atoms with Gasteiger partial charge in [-0.1, -0.05) is 54.6 Å². The zero-order valence-corrected chi connectivity index (χ0v) is 23.0. The standard InChI is InChI=1S/C31H35N3O5/c1-30(2,3)39-29(37)34-26(20-38-31(34,4)5)28(36)33-25-17-15-24(16-18-25)27(35)32-19-21-11-13-23(14-12-21)22-9-7-6-8-10-22/h6-18,26H,19-20H2,1-5H3,(H,32,35)(H,33,36)/t26-/m0/s1. The average molecular weight is 530 g/mol. The van der Waals surface area contributed by atoms with E-state index >= 15 is 0 Å². The molecular formula is C31H35N3O5. The topological polar surface area (TPSA) is 97.0 Å². The molecule has 1 fully saturated rings. The summed E-state index contributed by atoms with van der Waals surface area (Å²) in [4.78, 5) is 39.9. The second-order valence-corrected chi connectivity index (χ2v) is 10.9. The van der Waals surface area contributed by atoms with Gasteiger partial charge in [0.05, 0.1) is 6.61 Å². The summed E-state index contributed by atoms with van der Waals surface area (Å²) in [5.41, 5.74) is 2.51. The lowest BCUT2D eigenvalue weighted by molar-refractivity contribution is -0.121. The molecule has 8 nitrogen and oxygen atoms in total. The number of hydrogen-bond acceptors (Lipinski definition) is 5. The number of ether oxygens (including phenoxy) is 2. The average Bonchev–Trinajstić information content (AvgIpc) is 3.22. The zero-order valence-electron chi connectivity index (χ0n) is 23.0. The summed E-state index contributed by atoms with van der Waals surface area (Å²) in [5.74, 6) is -0.621. The second-order valence-electron chi connectivity index (χ2n) is 10.9. The van der Waals surface area contributed by atoms with Gasteiger partial charge < -0.3 is 20.1 Å². The van der Waals surface area contributed by atoms with Crippen LogP contribution >= 0.6 is 0 Å². The van der Waals surface area contributed by atoms with Crippen LogP contribution in [-0.4, -0.2) is 46.8 Å². The summed E-state index contributed by atoms with van der Waals surface area (Å²) >= 11 is 0. The maximum atomic E-state index is 13.1. The minimum atomic E-state index is -0.992. The van der Waals surface area contributed by atoms with Crippen molar-refractivity contribution in [1.29, 1.82) is 0 Å². The van der Waals surface area contributed by atoms with E-state index in [9.17, 15) is 14.4 Å². The molecule has 0 aromatic heterocycles. The number of anilines is 1. The fourth-order valence-corrected chi connectivity index (χ4v) is 4.31. The summed E-state index contributed by atoms with van der Waals surface area (Å²) < 4.78 is 11.2. The first-order chi connectivity index (χ1) is 18.4. The van der Waals surface area contributed by atoms with E-state index in [4.69, 9.17) is 9.47 Å². The molecule has 39 heavy (non-hydrogen) atoms. The van der Waals surface area contributed by atoms with Crippen LogP contribution in [0, 0.1) is 0 Å². The third-order valence-electron chi connectivity index (χ3n) is 6.31. The van der Waals surface area contributed by atoms with Crippen molar-refractivity contribution in [3.63, 3.8) is 0 Å². The molecular weight excluding hydrogens is 494 g/mol. The van der Waals surface area contributed by atoms with Gasteiger partial charge in [-0.25, -0.2) is 4.79 Å². The Morgan fingerprint density at radius 2 is 1.54 bits per heavy atom.